The molecule has 27 heavy (non-hydrogen) atoms. The third kappa shape index (κ3) is 3.67. The molecule has 0 fully saturated rings. The van der Waals surface area contributed by atoms with Gasteiger partial charge in [0.1, 0.15) is 11.1 Å². The molecule has 0 bridgehead atoms. The number of para-hydroxylation sites is 1. The zero-order chi connectivity index (χ0) is 19.9. The van der Waals surface area contributed by atoms with E-state index < -0.39 is 11.7 Å². The molecule has 7 heteroatoms. The van der Waals surface area contributed by atoms with Gasteiger partial charge in [-0.2, -0.15) is 0 Å². The second-order valence-corrected chi connectivity index (χ2v) is 8.17. The van der Waals surface area contributed by atoms with Gasteiger partial charge < -0.3 is 15.0 Å². The van der Waals surface area contributed by atoms with Crippen LogP contribution < -0.4 is 10.6 Å². The van der Waals surface area contributed by atoms with Crippen LogP contribution in [0.4, 0.5) is 16.6 Å². The van der Waals surface area contributed by atoms with E-state index in [-0.39, 0.29) is 0 Å². The molecule has 3 aromatic rings. The zero-order valence-electron chi connectivity index (χ0n) is 16.8. The van der Waals surface area contributed by atoms with Crippen LogP contribution in [0.3, 0.4) is 0 Å². The Morgan fingerprint density at radius 1 is 1.26 bits per heavy atom. The van der Waals surface area contributed by atoms with E-state index in [0.29, 0.717) is 29.7 Å². The lowest BCUT2D eigenvalue weighted by molar-refractivity contribution is 0.0586. The Balaban J connectivity index is 2.25. The van der Waals surface area contributed by atoms with E-state index in [9.17, 15) is 4.79 Å². The summed E-state index contributed by atoms with van der Waals surface area (Å²) in [5.74, 6) is 1.20. The fourth-order valence-electron chi connectivity index (χ4n) is 3.05. The first kappa shape index (κ1) is 18.9. The number of imidazole rings is 1. The quantitative estimate of drug-likeness (QED) is 0.748. The van der Waals surface area contributed by atoms with Crippen LogP contribution in [0.2, 0.25) is 0 Å². The van der Waals surface area contributed by atoms with E-state index in [4.69, 9.17) is 10.5 Å². The largest absolute Gasteiger partial charge is 0.443 e. The van der Waals surface area contributed by atoms with Crippen molar-refractivity contribution in [2.45, 2.75) is 46.8 Å². The lowest BCUT2D eigenvalue weighted by Gasteiger charge is -2.25. The van der Waals surface area contributed by atoms with Crippen molar-refractivity contribution < 1.29 is 9.53 Å². The maximum absolute atomic E-state index is 12.6. The minimum atomic E-state index is -0.590. The first-order valence-electron chi connectivity index (χ1n) is 9.09. The fourth-order valence-corrected chi connectivity index (χ4v) is 3.05. The molecule has 144 valence electrons. The molecule has 7 nitrogen and oxygen atoms in total. The van der Waals surface area contributed by atoms with Crippen molar-refractivity contribution in [3.8, 4) is 0 Å². The molecule has 2 N–H and O–H groups in total. The molecule has 0 saturated heterocycles. The Morgan fingerprint density at radius 3 is 2.56 bits per heavy atom. The van der Waals surface area contributed by atoms with E-state index in [1.807, 2.05) is 49.6 Å². The van der Waals surface area contributed by atoms with E-state index in [1.54, 1.807) is 7.05 Å². The normalized spacial score (nSPS) is 12.1. The Bertz CT molecular complexity index is 1000. The monoisotopic (exact) mass is 369 g/mol. The molecule has 2 heterocycles. The molecule has 3 rings (SSSR count). The topological polar surface area (TPSA) is 86.3 Å². The number of nitrogens with two attached hydrogens (primary N) is 1. The molecule has 0 saturated carbocycles. The average Bonchev–Trinajstić information content (AvgIpc) is 2.92. The van der Waals surface area contributed by atoms with Crippen molar-refractivity contribution >= 4 is 39.8 Å². The van der Waals surface area contributed by atoms with Crippen LogP contribution in [0, 0.1) is 5.92 Å². The third-order valence-corrected chi connectivity index (χ3v) is 4.11. The number of fused-ring (bicyclic) bond motifs is 3. The number of nitrogen functional groups attached to an aromatic ring is 1. The highest BCUT2D eigenvalue weighted by Gasteiger charge is 2.26. The van der Waals surface area contributed by atoms with E-state index in [0.717, 1.165) is 16.4 Å². The summed E-state index contributed by atoms with van der Waals surface area (Å²) >= 11 is 0. The van der Waals surface area contributed by atoms with Gasteiger partial charge in [-0.1, -0.05) is 32.0 Å². The average molecular weight is 369 g/mol. The number of rotatable bonds is 3. The molecule has 0 spiro atoms. The number of nitrogens with zero attached hydrogens (tertiary/aromatic N) is 4. The van der Waals surface area contributed by atoms with Crippen LogP contribution >= 0.6 is 0 Å². The van der Waals surface area contributed by atoms with Crippen LogP contribution in [0.25, 0.3) is 21.9 Å². The van der Waals surface area contributed by atoms with Crippen LogP contribution in [0.1, 0.15) is 34.6 Å². The molecule has 0 aliphatic rings. The molecule has 0 aliphatic heterocycles. The number of hydrogen-bond acceptors (Lipinski definition) is 5. The number of hydrogen-bond donors (Lipinski definition) is 1. The molecule has 1 aromatic carbocycles. The standard InChI is InChI=1S/C20H27N5O2/c1-12(2)11-25-16-13-9-7-8-10-14(13)22-17(21)15(16)23-18(25)24(6)19(26)27-20(3,4)5/h7-10,12H,11H2,1-6H3,(H2,21,22). The van der Waals surface area contributed by atoms with Crippen LogP contribution in [0.15, 0.2) is 24.3 Å². The summed E-state index contributed by atoms with van der Waals surface area (Å²) in [7, 11) is 1.66. The number of pyridine rings is 1. The maximum Gasteiger partial charge on any atom is 0.416 e. The van der Waals surface area contributed by atoms with Crippen molar-refractivity contribution in [3.05, 3.63) is 24.3 Å². The lowest BCUT2D eigenvalue weighted by atomic mass is 10.1. The molecule has 0 unspecified atom stereocenters. The number of amides is 1. The number of carbonyl (C=O) groups excluding carboxylic acids is 1. The van der Waals surface area contributed by atoms with Crippen molar-refractivity contribution in [1.29, 1.82) is 0 Å². The van der Waals surface area contributed by atoms with Gasteiger partial charge >= 0.3 is 6.09 Å². The SMILES string of the molecule is CC(C)Cn1c(N(C)C(=O)OC(C)(C)C)nc2c(N)nc3ccccc3c21. The zero-order valence-corrected chi connectivity index (χ0v) is 16.8. The summed E-state index contributed by atoms with van der Waals surface area (Å²) in [6.07, 6.45) is -0.460. The Hall–Kier alpha value is -2.83. The highest BCUT2D eigenvalue weighted by atomic mass is 16.6. The molecule has 0 aliphatic carbocycles. The number of carbonyl (C=O) groups is 1. The minimum absolute atomic E-state index is 0.348. The van der Waals surface area contributed by atoms with E-state index in [1.165, 1.54) is 4.90 Å². The summed E-state index contributed by atoms with van der Waals surface area (Å²) in [5.41, 5.74) is 7.89. The molecular weight excluding hydrogens is 342 g/mol. The van der Waals surface area contributed by atoms with Crippen molar-refractivity contribution in [2.75, 3.05) is 17.7 Å². The summed E-state index contributed by atoms with van der Waals surface area (Å²) < 4.78 is 7.55. The summed E-state index contributed by atoms with van der Waals surface area (Å²) in [5, 5.41) is 0.957. The first-order chi connectivity index (χ1) is 12.6. The van der Waals surface area contributed by atoms with Gasteiger partial charge in [-0.3, -0.25) is 4.90 Å². The lowest BCUT2D eigenvalue weighted by Crippen LogP contribution is -2.35. The summed E-state index contributed by atoms with van der Waals surface area (Å²) in [6.45, 7) is 10.4. The van der Waals surface area contributed by atoms with Gasteiger partial charge in [0.25, 0.3) is 0 Å². The smallest absolute Gasteiger partial charge is 0.416 e. The molecule has 0 atom stereocenters. The van der Waals surface area contributed by atoms with Gasteiger partial charge in [-0.25, -0.2) is 14.8 Å². The van der Waals surface area contributed by atoms with Gasteiger partial charge in [-0.15, -0.1) is 0 Å². The minimum Gasteiger partial charge on any atom is -0.443 e. The Labute approximate surface area is 159 Å². The maximum atomic E-state index is 12.6. The van der Waals surface area contributed by atoms with Crippen molar-refractivity contribution in [2.24, 2.45) is 5.92 Å². The second-order valence-electron chi connectivity index (χ2n) is 8.17. The number of anilines is 2. The third-order valence-electron chi connectivity index (χ3n) is 4.11. The molecule has 1 amide bonds. The van der Waals surface area contributed by atoms with Crippen LogP contribution in [0.5, 0.6) is 0 Å². The second kappa shape index (κ2) is 6.72. The number of aromatic nitrogens is 3. The van der Waals surface area contributed by atoms with Gasteiger partial charge in [-0.05, 0) is 32.8 Å². The van der Waals surface area contributed by atoms with Crippen LogP contribution in [-0.2, 0) is 11.3 Å². The highest BCUT2D eigenvalue weighted by Crippen LogP contribution is 2.32. The van der Waals surface area contributed by atoms with Crippen molar-refractivity contribution in [1.82, 2.24) is 14.5 Å². The van der Waals surface area contributed by atoms with Crippen LogP contribution in [-0.4, -0.2) is 33.3 Å². The molecular formula is C20H27N5O2. The molecule has 0 radical (unpaired) electrons. The first-order valence-corrected chi connectivity index (χ1v) is 9.09. The van der Waals surface area contributed by atoms with Gasteiger partial charge in [0.05, 0.1) is 11.0 Å². The highest BCUT2D eigenvalue weighted by molar-refractivity contribution is 6.08. The van der Waals surface area contributed by atoms with Gasteiger partial charge in [0.15, 0.2) is 5.82 Å². The summed E-state index contributed by atoms with van der Waals surface area (Å²) in [6, 6.07) is 7.82. The van der Waals surface area contributed by atoms with E-state index in [2.05, 4.69) is 23.8 Å². The van der Waals surface area contributed by atoms with E-state index >= 15 is 0 Å². The number of ether oxygens (including phenoxy) is 1. The van der Waals surface area contributed by atoms with Crippen molar-refractivity contribution in [3.63, 3.8) is 0 Å². The number of benzene rings is 1. The predicted molar refractivity (Wildman–Crippen MR) is 109 cm³/mol. The summed E-state index contributed by atoms with van der Waals surface area (Å²) in [4.78, 5) is 23.2. The predicted octanol–water partition coefficient (Wildman–Crippen LogP) is 4.19. The van der Waals surface area contributed by atoms with Gasteiger partial charge in [0, 0.05) is 19.0 Å². The fraction of sp³-hybridized carbons (Fsp3) is 0.450. The Morgan fingerprint density at radius 2 is 1.93 bits per heavy atom. The van der Waals surface area contributed by atoms with Gasteiger partial charge in [0.2, 0.25) is 5.95 Å². The molecule has 2 aromatic heterocycles. The Kier molecular flexibility index (Phi) is 4.71.